The molecule has 1 aromatic carbocycles. The van der Waals surface area contributed by atoms with Crippen LogP contribution >= 0.6 is 0 Å². The molecule has 0 aliphatic heterocycles. The summed E-state index contributed by atoms with van der Waals surface area (Å²) < 4.78 is 0. The predicted molar refractivity (Wildman–Crippen MR) is 101 cm³/mol. The highest BCUT2D eigenvalue weighted by atomic mass is 15.1. The van der Waals surface area contributed by atoms with Crippen molar-refractivity contribution in [2.75, 3.05) is 25.5 Å². The monoisotopic (exact) mass is 336 g/mol. The second kappa shape index (κ2) is 8.41. The van der Waals surface area contributed by atoms with Gasteiger partial charge in [-0.05, 0) is 24.7 Å². The Hall–Kier alpha value is -2.70. The van der Waals surface area contributed by atoms with Gasteiger partial charge in [0.25, 0.3) is 0 Å². The number of nitrogens with zero attached hydrogens (tertiary/aromatic N) is 3. The lowest BCUT2D eigenvalue weighted by Gasteiger charge is -2.15. The molecule has 6 heteroatoms. The molecule has 0 unspecified atom stereocenters. The van der Waals surface area contributed by atoms with E-state index >= 15 is 0 Å². The first-order valence-electron chi connectivity index (χ1n) is 8.41. The molecule has 0 radical (unpaired) electrons. The molecule has 130 valence electrons. The van der Waals surface area contributed by atoms with Crippen molar-refractivity contribution in [3.8, 4) is 11.3 Å². The lowest BCUT2D eigenvalue weighted by atomic mass is 10.1. The van der Waals surface area contributed by atoms with E-state index in [9.17, 15) is 0 Å². The van der Waals surface area contributed by atoms with Gasteiger partial charge in [0.05, 0.1) is 5.69 Å². The van der Waals surface area contributed by atoms with Crippen molar-refractivity contribution in [1.82, 2.24) is 20.1 Å². The molecule has 0 aliphatic carbocycles. The Bertz CT molecular complexity index is 766. The minimum atomic E-state index is 0.646. The summed E-state index contributed by atoms with van der Waals surface area (Å²) in [7, 11) is 2.05. The van der Waals surface area contributed by atoms with Crippen LogP contribution in [0.4, 0.5) is 5.82 Å². The Balaban J connectivity index is 1.65. The smallest absolute Gasteiger partial charge is 0.126 e. The number of rotatable bonds is 8. The number of pyridine rings is 1. The molecule has 0 fully saturated rings. The molecular weight excluding hydrogens is 312 g/mol. The van der Waals surface area contributed by atoms with Crippen LogP contribution in [-0.4, -0.2) is 40.2 Å². The number of nitrogens with two attached hydrogens (primary N) is 1. The third-order valence-electron chi connectivity index (χ3n) is 4.02. The highest BCUT2D eigenvalue weighted by molar-refractivity contribution is 5.63. The Morgan fingerprint density at radius 1 is 1.16 bits per heavy atom. The van der Waals surface area contributed by atoms with E-state index in [0.717, 1.165) is 42.3 Å². The van der Waals surface area contributed by atoms with Gasteiger partial charge in [0.2, 0.25) is 0 Å². The quantitative estimate of drug-likeness (QED) is 0.589. The number of aromatic nitrogens is 3. The highest BCUT2D eigenvalue weighted by Crippen LogP contribution is 2.22. The number of likely N-dealkylation sites (N-methyl/N-ethyl adjacent to an activating group) is 1. The van der Waals surface area contributed by atoms with Crippen LogP contribution < -0.4 is 11.1 Å². The number of anilines is 1. The SMILES string of the molecule is CN(CCN)Cc1c[nH]nc1-c1ccc(NCc2ccccc2)nc1. The Morgan fingerprint density at radius 2 is 2.00 bits per heavy atom. The summed E-state index contributed by atoms with van der Waals surface area (Å²) in [6.45, 7) is 3.06. The van der Waals surface area contributed by atoms with Crippen molar-refractivity contribution in [3.05, 3.63) is 66.0 Å². The Kier molecular flexibility index (Phi) is 5.77. The maximum Gasteiger partial charge on any atom is 0.126 e. The average molecular weight is 336 g/mol. The first-order chi connectivity index (χ1) is 12.3. The fraction of sp³-hybridized carbons (Fsp3) is 0.263. The van der Waals surface area contributed by atoms with E-state index < -0.39 is 0 Å². The van der Waals surface area contributed by atoms with Crippen molar-refractivity contribution < 1.29 is 0 Å². The van der Waals surface area contributed by atoms with E-state index in [1.165, 1.54) is 5.56 Å². The van der Waals surface area contributed by atoms with Crippen LogP contribution in [0.2, 0.25) is 0 Å². The van der Waals surface area contributed by atoms with Gasteiger partial charge < -0.3 is 16.0 Å². The lowest BCUT2D eigenvalue weighted by Crippen LogP contribution is -2.25. The van der Waals surface area contributed by atoms with Gasteiger partial charge >= 0.3 is 0 Å². The van der Waals surface area contributed by atoms with Gasteiger partial charge in [0.1, 0.15) is 5.82 Å². The van der Waals surface area contributed by atoms with Gasteiger partial charge in [-0.15, -0.1) is 0 Å². The molecule has 3 aromatic rings. The van der Waals surface area contributed by atoms with Gasteiger partial charge in [0, 0.05) is 49.7 Å². The number of hydrogen-bond acceptors (Lipinski definition) is 5. The largest absolute Gasteiger partial charge is 0.366 e. The second-order valence-electron chi connectivity index (χ2n) is 6.06. The lowest BCUT2D eigenvalue weighted by molar-refractivity contribution is 0.337. The van der Waals surface area contributed by atoms with Crippen LogP contribution in [0.25, 0.3) is 11.3 Å². The first-order valence-corrected chi connectivity index (χ1v) is 8.41. The van der Waals surface area contributed by atoms with E-state index in [1.54, 1.807) is 0 Å². The zero-order valence-corrected chi connectivity index (χ0v) is 14.4. The van der Waals surface area contributed by atoms with Crippen LogP contribution in [0, 0.1) is 0 Å². The molecule has 2 heterocycles. The van der Waals surface area contributed by atoms with Crippen LogP contribution in [0.1, 0.15) is 11.1 Å². The maximum absolute atomic E-state index is 5.61. The minimum absolute atomic E-state index is 0.646. The molecule has 25 heavy (non-hydrogen) atoms. The topological polar surface area (TPSA) is 82.9 Å². The van der Waals surface area contributed by atoms with E-state index in [2.05, 4.69) is 44.6 Å². The van der Waals surface area contributed by atoms with Crippen molar-refractivity contribution in [2.45, 2.75) is 13.1 Å². The highest BCUT2D eigenvalue weighted by Gasteiger charge is 2.11. The van der Waals surface area contributed by atoms with Gasteiger partial charge in [-0.25, -0.2) is 4.98 Å². The van der Waals surface area contributed by atoms with Gasteiger partial charge in [-0.1, -0.05) is 30.3 Å². The summed E-state index contributed by atoms with van der Waals surface area (Å²) in [4.78, 5) is 6.69. The summed E-state index contributed by atoms with van der Waals surface area (Å²) in [5, 5.41) is 10.7. The zero-order valence-electron chi connectivity index (χ0n) is 14.4. The third kappa shape index (κ3) is 4.65. The molecule has 0 saturated carbocycles. The van der Waals surface area contributed by atoms with Gasteiger partial charge in [0.15, 0.2) is 0 Å². The number of hydrogen-bond donors (Lipinski definition) is 3. The summed E-state index contributed by atoms with van der Waals surface area (Å²) in [6.07, 6.45) is 3.79. The molecule has 3 rings (SSSR count). The maximum atomic E-state index is 5.61. The summed E-state index contributed by atoms with van der Waals surface area (Å²) >= 11 is 0. The molecule has 0 amide bonds. The number of nitrogens with one attached hydrogen (secondary N) is 2. The van der Waals surface area contributed by atoms with Gasteiger partial charge in [-0.3, -0.25) is 5.10 Å². The molecule has 2 aromatic heterocycles. The normalized spacial score (nSPS) is 11.0. The van der Waals surface area contributed by atoms with Crippen molar-refractivity contribution in [3.63, 3.8) is 0 Å². The fourth-order valence-electron chi connectivity index (χ4n) is 2.70. The Labute approximate surface area is 148 Å². The number of aromatic amines is 1. The first kappa shape index (κ1) is 17.1. The summed E-state index contributed by atoms with van der Waals surface area (Å²) in [5.41, 5.74) is 9.92. The van der Waals surface area contributed by atoms with Crippen molar-refractivity contribution in [1.29, 1.82) is 0 Å². The van der Waals surface area contributed by atoms with Crippen molar-refractivity contribution in [2.24, 2.45) is 5.73 Å². The number of H-pyrrole nitrogens is 1. The molecule has 6 nitrogen and oxygen atoms in total. The zero-order chi connectivity index (χ0) is 17.5. The molecule has 4 N–H and O–H groups in total. The van der Waals surface area contributed by atoms with E-state index in [1.807, 2.05) is 42.7 Å². The van der Waals surface area contributed by atoms with E-state index in [4.69, 9.17) is 5.73 Å². The fourth-order valence-corrected chi connectivity index (χ4v) is 2.70. The molecule has 0 aliphatic rings. The minimum Gasteiger partial charge on any atom is -0.366 e. The van der Waals surface area contributed by atoms with Crippen LogP contribution in [-0.2, 0) is 13.1 Å². The molecule has 0 saturated heterocycles. The van der Waals surface area contributed by atoms with E-state index in [-0.39, 0.29) is 0 Å². The standard InChI is InChI=1S/C19H24N6/c1-25(10-9-20)14-17-13-23-24-19(17)16-7-8-18(22-12-16)21-11-15-5-3-2-4-6-15/h2-8,12-13H,9-11,14,20H2,1H3,(H,21,22)(H,23,24). The van der Waals surface area contributed by atoms with Crippen LogP contribution in [0.15, 0.2) is 54.9 Å². The summed E-state index contributed by atoms with van der Waals surface area (Å²) in [5.74, 6) is 0.852. The van der Waals surface area contributed by atoms with Gasteiger partial charge in [-0.2, -0.15) is 5.10 Å². The second-order valence-corrected chi connectivity index (χ2v) is 6.06. The van der Waals surface area contributed by atoms with Crippen LogP contribution in [0.3, 0.4) is 0 Å². The predicted octanol–water partition coefficient (Wildman–Crippen LogP) is 2.47. The Morgan fingerprint density at radius 3 is 2.72 bits per heavy atom. The molecule has 0 bridgehead atoms. The molecular formula is C19H24N6. The van der Waals surface area contributed by atoms with Crippen LogP contribution in [0.5, 0.6) is 0 Å². The number of benzene rings is 1. The molecule has 0 spiro atoms. The molecule has 0 atom stereocenters. The van der Waals surface area contributed by atoms with Crippen molar-refractivity contribution >= 4 is 5.82 Å². The third-order valence-corrected chi connectivity index (χ3v) is 4.02. The van der Waals surface area contributed by atoms with E-state index in [0.29, 0.717) is 6.54 Å². The average Bonchev–Trinajstić information content (AvgIpc) is 3.09. The summed E-state index contributed by atoms with van der Waals surface area (Å²) in [6, 6.07) is 14.3.